The smallest absolute Gasteiger partial charge is 0.320 e. The Morgan fingerprint density at radius 1 is 1.33 bits per heavy atom. The number of nitrogens with two attached hydrogens (primary N) is 1. The van der Waals surface area contributed by atoms with Crippen molar-refractivity contribution in [1.29, 1.82) is 0 Å². The molecule has 5 heteroatoms. The van der Waals surface area contributed by atoms with Crippen molar-refractivity contribution < 1.29 is 17.6 Å². The van der Waals surface area contributed by atoms with Crippen LogP contribution in [0.1, 0.15) is 11.1 Å². The average Bonchev–Trinajstić information content (AvgIpc) is 2.09. The summed E-state index contributed by atoms with van der Waals surface area (Å²) in [5, 5.41) is 0. The molecule has 0 saturated carbocycles. The molecule has 1 rings (SSSR count). The fraction of sp³-hybridized carbons (Fsp3) is 0.400. The Labute approximate surface area is 84.9 Å². The summed E-state index contributed by atoms with van der Waals surface area (Å²) < 4.78 is 49.6. The molecule has 0 aliphatic rings. The van der Waals surface area contributed by atoms with E-state index >= 15 is 0 Å². The minimum Gasteiger partial charge on any atom is -0.320 e. The Morgan fingerprint density at radius 3 is 2.40 bits per heavy atom. The maximum Gasteiger partial charge on any atom is 0.403 e. The van der Waals surface area contributed by atoms with Crippen molar-refractivity contribution >= 4 is 0 Å². The van der Waals surface area contributed by atoms with Crippen LogP contribution in [0.25, 0.3) is 0 Å². The first-order valence-corrected chi connectivity index (χ1v) is 4.38. The monoisotopic (exact) mass is 221 g/mol. The van der Waals surface area contributed by atoms with E-state index in [-0.39, 0.29) is 5.56 Å². The molecule has 0 amide bonds. The van der Waals surface area contributed by atoms with Gasteiger partial charge < -0.3 is 5.73 Å². The summed E-state index contributed by atoms with van der Waals surface area (Å²) in [5.74, 6) is -0.644. The fourth-order valence-electron chi connectivity index (χ4n) is 1.26. The highest BCUT2D eigenvalue weighted by atomic mass is 19.4. The Balaban J connectivity index is 2.90. The van der Waals surface area contributed by atoms with Crippen LogP contribution in [0, 0.1) is 12.7 Å². The quantitative estimate of drug-likeness (QED) is 0.763. The summed E-state index contributed by atoms with van der Waals surface area (Å²) in [6.45, 7) is 1.56. The highest BCUT2D eigenvalue weighted by molar-refractivity contribution is 5.28. The molecule has 0 radical (unpaired) electrons. The van der Waals surface area contributed by atoms with Crippen molar-refractivity contribution in [2.75, 3.05) is 0 Å². The van der Waals surface area contributed by atoms with Gasteiger partial charge in [0, 0.05) is 0 Å². The number of halogens is 4. The van der Waals surface area contributed by atoms with Crippen LogP contribution in [-0.4, -0.2) is 12.2 Å². The van der Waals surface area contributed by atoms with Crippen molar-refractivity contribution in [2.45, 2.75) is 25.6 Å². The maximum atomic E-state index is 13.2. The van der Waals surface area contributed by atoms with Gasteiger partial charge in [-0.15, -0.1) is 0 Å². The molecule has 0 bridgehead atoms. The van der Waals surface area contributed by atoms with E-state index in [1.54, 1.807) is 13.0 Å². The van der Waals surface area contributed by atoms with Gasteiger partial charge >= 0.3 is 6.18 Å². The summed E-state index contributed by atoms with van der Waals surface area (Å²) in [5.41, 5.74) is 5.44. The van der Waals surface area contributed by atoms with E-state index in [4.69, 9.17) is 5.73 Å². The first-order valence-electron chi connectivity index (χ1n) is 4.38. The first kappa shape index (κ1) is 12.0. The van der Waals surface area contributed by atoms with E-state index in [0.717, 1.165) is 6.07 Å². The lowest BCUT2D eigenvalue weighted by Gasteiger charge is -2.16. The maximum absolute atomic E-state index is 13.2. The van der Waals surface area contributed by atoms with Crippen LogP contribution in [0.2, 0.25) is 0 Å². The van der Waals surface area contributed by atoms with Crippen molar-refractivity contribution in [3.05, 3.63) is 35.1 Å². The summed E-state index contributed by atoms with van der Waals surface area (Å²) in [7, 11) is 0. The van der Waals surface area contributed by atoms with Gasteiger partial charge in [-0.3, -0.25) is 0 Å². The van der Waals surface area contributed by atoms with Gasteiger partial charge in [-0.2, -0.15) is 13.2 Å². The Hall–Kier alpha value is -1.10. The zero-order valence-corrected chi connectivity index (χ0v) is 8.11. The molecule has 84 valence electrons. The molecule has 0 fully saturated rings. The standard InChI is InChI=1S/C10H11F4N/c1-6-3-2-4-8(11)7(6)5-9(15)10(12,13)14/h2-4,9H,5,15H2,1H3. The third-order valence-corrected chi connectivity index (χ3v) is 2.20. The van der Waals surface area contributed by atoms with Gasteiger partial charge in [0.25, 0.3) is 0 Å². The third-order valence-electron chi connectivity index (χ3n) is 2.20. The SMILES string of the molecule is Cc1cccc(F)c1CC(N)C(F)(F)F. The van der Waals surface area contributed by atoms with Crippen LogP contribution < -0.4 is 5.73 Å². The second-order valence-corrected chi connectivity index (χ2v) is 3.39. The van der Waals surface area contributed by atoms with Crippen LogP contribution >= 0.6 is 0 Å². The Bertz CT molecular complexity index is 326. The van der Waals surface area contributed by atoms with Gasteiger partial charge in [-0.1, -0.05) is 12.1 Å². The topological polar surface area (TPSA) is 26.0 Å². The number of aryl methyl sites for hydroxylation is 1. The van der Waals surface area contributed by atoms with Gasteiger partial charge in [0.2, 0.25) is 0 Å². The van der Waals surface area contributed by atoms with Crippen molar-refractivity contribution in [2.24, 2.45) is 5.73 Å². The fourth-order valence-corrected chi connectivity index (χ4v) is 1.26. The van der Waals surface area contributed by atoms with Crippen molar-refractivity contribution in [3.8, 4) is 0 Å². The molecule has 1 nitrogen and oxygen atoms in total. The lowest BCUT2D eigenvalue weighted by molar-refractivity contribution is -0.147. The molecule has 0 aromatic heterocycles. The predicted octanol–water partition coefficient (Wildman–Crippen LogP) is 2.57. The third kappa shape index (κ3) is 2.92. The van der Waals surface area contributed by atoms with Crippen LogP contribution in [0.3, 0.4) is 0 Å². The van der Waals surface area contributed by atoms with E-state index < -0.39 is 24.5 Å². The number of benzene rings is 1. The van der Waals surface area contributed by atoms with E-state index in [0.29, 0.717) is 5.56 Å². The molecule has 0 saturated heterocycles. The lowest BCUT2D eigenvalue weighted by Crippen LogP contribution is -2.39. The Kier molecular flexibility index (Phi) is 3.34. The largest absolute Gasteiger partial charge is 0.403 e. The molecule has 0 heterocycles. The van der Waals surface area contributed by atoms with Crippen molar-refractivity contribution in [1.82, 2.24) is 0 Å². The van der Waals surface area contributed by atoms with Crippen LogP contribution in [0.4, 0.5) is 17.6 Å². The molecule has 15 heavy (non-hydrogen) atoms. The van der Waals surface area contributed by atoms with Gasteiger partial charge in [0.05, 0.1) is 0 Å². The zero-order valence-electron chi connectivity index (χ0n) is 8.11. The number of rotatable bonds is 2. The van der Waals surface area contributed by atoms with E-state index in [1.807, 2.05) is 0 Å². The molecule has 0 aliphatic carbocycles. The van der Waals surface area contributed by atoms with Crippen molar-refractivity contribution in [3.63, 3.8) is 0 Å². The Morgan fingerprint density at radius 2 is 1.93 bits per heavy atom. The number of hydrogen-bond donors (Lipinski definition) is 1. The lowest BCUT2D eigenvalue weighted by atomic mass is 10.0. The second-order valence-electron chi connectivity index (χ2n) is 3.39. The molecule has 2 N–H and O–H groups in total. The van der Waals surface area contributed by atoms with Crippen LogP contribution in [0.5, 0.6) is 0 Å². The summed E-state index contributed by atoms with van der Waals surface area (Å²) in [6, 6.07) is 2.12. The van der Waals surface area contributed by atoms with Crippen LogP contribution in [0.15, 0.2) is 18.2 Å². The molecule has 1 atom stereocenters. The predicted molar refractivity (Wildman–Crippen MR) is 48.9 cm³/mol. The normalized spacial score (nSPS) is 14.0. The van der Waals surface area contributed by atoms with E-state index in [2.05, 4.69) is 0 Å². The second kappa shape index (κ2) is 4.18. The minimum atomic E-state index is -4.49. The minimum absolute atomic E-state index is 0.0299. The molecule has 0 aliphatic heterocycles. The summed E-state index contributed by atoms with van der Waals surface area (Å²) in [4.78, 5) is 0. The number of hydrogen-bond acceptors (Lipinski definition) is 1. The van der Waals surface area contributed by atoms with Gasteiger partial charge in [-0.05, 0) is 30.5 Å². The number of alkyl halides is 3. The summed E-state index contributed by atoms with van der Waals surface area (Å²) in [6.07, 6.45) is -5.02. The van der Waals surface area contributed by atoms with E-state index in [1.165, 1.54) is 6.07 Å². The molecule has 1 aromatic rings. The average molecular weight is 221 g/mol. The van der Waals surface area contributed by atoms with Gasteiger partial charge in [0.1, 0.15) is 11.9 Å². The zero-order chi connectivity index (χ0) is 11.6. The molecule has 1 aromatic carbocycles. The van der Waals surface area contributed by atoms with Gasteiger partial charge in [0.15, 0.2) is 0 Å². The molecular formula is C10H11F4N. The molecule has 1 unspecified atom stereocenters. The highest BCUT2D eigenvalue weighted by Gasteiger charge is 2.37. The highest BCUT2D eigenvalue weighted by Crippen LogP contribution is 2.23. The first-order chi connectivity index (χ1) is 6.82. The summed E-state index contributed by atoms with van der Waals surface area (Å²) >= 11 is 0. The van der Waals surface area contributed by atoms with Gasteiger partial charge in [-0.25, -0.2) is 4.39 Å². The molecular weight excluding hydrogens is 210 g/mol. The van der Waals surface area contributed by atoms with E-state index in [9.17, 15) is 17.6 Å². The molecule has 0 spiro atoms. The van der Waals surface area contributed by atoms with Crippen LogP contribution in [-0.2, 0) is 6.42 Å².